The Hall–Kier alpha value is -2.05. The van der Waals surface area contributed by atoms with Crippen LogP contribution in [0.3, 0.4) is 0 Å². The minimum Gasteiger partial charge on any atom is -0.321 e. The molecule has 2 aromatic rings. The van der Waals surface area contributed by atoms with E-state index in [-0.39, 0.29) is 5.56 Å². The molecule has 23 heavy (non-hydrogen) atoms. The fraction of sp³-hybridized carbons (Fsp3) is 0.188. The number of halogens is 1. The summed E-state index contributed by atoms with van der Waals surface area (Å²) in [5.41, 5.74) is 2.00. The highest BCUT2D eigenvalue weighted by Crippen LogP contribution is 2.26. The summed E-state index contributed by atoms with van der Waals surface area (Å²) < 4.78 is 24.5. The van der Waals surface area contributed by atoms with Crippen molar-refractivity contribution in [2.24, 2.45) is 0 Å². The summed E-state index contributed by atoms with van der Waals surface area (Å²) in [5, 5.41) is 3.13. The third-order valence-corrected chi connectivity index (χ3v) is 4.86. The predicted molar refractivity (Wildman–Crippen MR) is 93.8 cm³/mol. The minimum atomic E-state index is -3.47. The Morgan fingerprint density at radius 3 is 2.43 bits per heavy atom. The summed E-state index contributed by atoms with van der Waals surface area (Å²) in [6.07, 6.45) is 1.08. The highest BCUT2D eigenvalue weighted by Gasteiger charge is 2.19. The fourth-order valence-electron chi connectivity index (χ4n) is 2.03. The first-order valence-corrected chi connectivity index (χ1v) is 9.03. The largest absolute Gasteiger partial charge is 0.321 e. The first-order valence-electron chi connectivity index (χ1n) is 6.80. The average molecular weight is 353 g/mol. The second kappa shape index (κ2) is 6.60. The van der Waals surface area contributed by atoms with Gasteiger partial charge in [0.1, 0.15) is 0 Å². The molecule has 0 spiro atoms. The summed E-state index contributed by atoms with van der Waals surface area (Å²) in [6.45, 7) is 1.90. The standard InChI is InChI=1S/C16H17ClN2O3S/c1-11-8-9-14(13(17)10-11)18-16(20)12-6-4-5-7-15(12)19(2)23(3,21)22/h4-10H,1-3H3,(H,18,20). The fourth-order valence-corrected chi connectivity index (χ4v) is 2.83. The van der Waals surface area contributed by atoms with E-state index in [9.17, 15) is 13.2 Å². The maximum atomic E-state index is 12.5. The molecular weight excluding hydrogens is 336 g/mol. The van der Waals surface area contributed by atoms with Crippen LogP contribution in [0.25, 0.3) is 0 Å². The first-order chi connectivity index (χ1) is 10.7. The molecule has 0 aliphatic heterocycles. The summed E-state index contributed by atoms with van der Waals surface area (Å²) in [7, 11) is -2.07. The molecule has 5 nitrogen and oxygen atoms in total. The van der Waals surface area contributed by atoms with Crippen LogP contribution in [0.4, 0.5) is 11.4 Å². The lowest BCUT2D eigenvalue weighted by molar-refractivity contribution is 0.102. The molecule has 0 aromatic heterocycles. The van der Waals surface area contributed by atoms with Gasteiger partial charge in [-0.25, -0.2) is 8.42 Å². The molecule has 0 saturated heterocycles. The van der Waals surface area contributed by atoms with Crippen molar-refractivity contribution in [1.29, 1.82) is 0 Å². The van der Waals surface area contributed by atoms with Crippen LogP contribution in [-0.2, 0) is 10.0 Å². The molecular formula is C16H17ClN2O3S. The van der Waals surface area contributed by atoms with Crippen LogP contribution in [0, 0.1) is 6.92 Å². The summed E-state index contributed by atoms with van der Waals surface area (Å²) in [6, 6.07) is 11.8. The second-order valence-electron chi connectivity index (χ2n) is 5.19. The predicted octanol–water partition coefficient (Wildman–Crippen LogP) is 3.30. The van der Waals surface area contributed by atoms with E-state index in [1.807, 2.05) is 13.0 Å². The van der Waals surface area contributed by atoms with Crippen molar-refractivity contribution in [2.45, 2.75) is 6.92 Å². The molecule has 0 saturated carbocycles. The quantitative estimate of drug-likeness (QED) is 0.918. The van der Waals surface area contributed by atoms with Gasteiger partial charge in [-0.3, -0.25) is 9.10 Å². The number of rotatable bonds is 4. The molecule has 2 aromatic carbocycles. The van der Waals surface area contributed by atoms with E-state index in [1.54, 1.807) is 36.4 Å². The number of nitrogens with zero attached hydrogens (tertiary/aromatic N) is 1. The smallest absolute Gasteiger partial charge is 0.257 e. The van der Waals surface area contributed by atoms with E-state index < -0.39 is 15.9 Å². The highest BCUT2D eigenvalue weighted by atomic mass is 35.5. The normalized spacial score (nSPS) is 11.1. The Kier molecular flexibility index (Phi) is 4.97. The maximum Gasteiger partial charge on any atom is 0.257 e. The molecule has 122 valence electrons. The van der Waals surface area contributed by atoms with E-state index in [0.29, 0.717) is 16.4 Å². The van der Waals surface area contributed by atoms with E-state index in [2.05, 4.69) is 5.32 Å². The van der Waals surface area contributed by atoms with Crippen molar-refractivity contribution in [1.82, 2.24) is 0 Å². The highest BCUT2D eigenvalue weighted by molar-refractivity contribution is 7.92. The number of anilines is 2. The van der Waals surface area contributed by atoms with Crippen LogP contribution in [0.15, 0.2) is 42.5 Å². The topological polar surface area (TPSA) is 66.5 Å². The summed E-state index contributed by atoms with van der Waals surface area (Å²) in [5.74, 6) is -0.429. The number of benzene rings is 2. The van der Waals surface area contributed by atoms with Crippen molar-refractivity contribution in [3.8, 4) is 0 Å². The van der Waals surface area contributed by atoms with Gasteiger partial charge in [-0.15, -0.1) is 0 Å². The summed E-state index contributed by atoms with van der Waals surface area (Å²) in [4.78, 5) is 12.5. The van der Waals surface area contributed by atoms with E-state index >= 15 is 0 Å². The molecule has 0 radical (unpaired) electrons. The molecule has 0 bridgehead atoms. The maximum absolute atomic E-state index is 12.5. The van der Waals surface area contributed by atoms with Gasteiger partial charge < -0.3 is 5.32 Å². The number of amides is 1. The lowest BCUT2D eigenvalue weighted by Crippen LogP contribution is -2.27. The molecule has 0 fully saturated rings. The minimum absolute atomic E-state index is 0.247. The molecule has 0 aliphatic carbocycles. The van der Waals surface area contributed by atoms with Gasteiger partial charge >= 0.3 is 0 Å². The molecule has 0 unspecified atom stereocenters. The molecule has 2 rings (SSSR count). The van der Waals surface area contributed by atoms with Crippen LogP contribution in [0.2, 0.25) is 5.02 Å². The number of aryl methyl sites for hydroxylation is 1. The van der Waals surface area contributed by atoms with Crippen molar-refractivity contribution in [2.75, 3.05) is 22.9 Å². The van der Waals surface area contributed by atoms with Crippen LogP contribution < -0.4 is 9.62 Å². The molecule has 7 heteroatoms. The Balaban J connectivity index is 2.37. The van der Waals surface area contributed by atoms with Crippen molar-refractivity contribution < 1.29 is 13.2 Å². The zero-order chi connectivity index (χ0) is 17.2. The van der Waals surface area contributed by atoms with Gasteiger partial charge in [0, 0.05) is 7.05 Å². The number of para-hydroxylation sites is 1. The lowest BCUT2D eigenvalue weighted by atomic mass is 10.1. The van der Waals surface area contributed by atoms with E-state index in [4.69, 9.17) is 11.6 Å². The average Bonchev–Trinajstić information content (AvgIpc) is 2.48. The number of carbonyl (C=O) groups is 1. The van der Waals surface area contributed by atoms with Crippen LogP contribution in [0.1, 0.15) is 15.9 Å². The third kappa shape index (κ3) is 4.03. The van der Waals surface area contributed by atoms with Gasteiger partial charge in [-0.2, -0.15) is 0 Å². The van der Waals surface area contributed by atoms with Gasteiger partial charge in [-0.05, 0) is 36.8 Å². The van der Waals surface area contributed by atoms with Gasteiger partial charge in [0.2, 0.25) is 10.0 Å². The third-order valence-electron chi connectivity index (χ3n) is 3.36. The van der Waals surface area contributed by atoms with E-state index in [1.165, 1.54) is 7.05 Å². The Labute approximate surface area is 140 Å². The Morgan fingerprint density at radius 2 is 1.83 bits per heavy atom. The van der Waals surface area contributed by atoms with Gasteiger partial charge in [0.15, 0.2) is 0 Å². The van der Waals surface area contributed by atoms with Crippen LogP contribution >= 0.6 is 11.6 Å². The van der Waals surface area contributed by atoms with Gasteiger partial charge in [0.05, 0.1) is 28.2 Å². The molecule has 0 atom stereocenters. The van der Waals surface area contributed by atoms with Crippen molar-refractivity contribution in [3.63, 3.8) is 0 Å². The lowest BCUT2D eigenvalue weighted by Gasteiger charge is -2.20. The van der Waals surface area contributed by atoms with E-state index in [0.717, 1.165) is 16.1 Å². The number of sulfonamides is 1. The zero-order valence-corrected chi connectivity index (χ0v) is 14.6. The second-order valence-corrected chi connectivity index (χ2v) is 7.61. The summed E-state index contributed by atoms with van der Waals surface area (Å²) >= 11 is 6.11. The Bertz CT molecular complexity index is 850. The number of carbonyl (C=O) groups excluding carboxylic acids is 1. The number of nitrogens with one attached hydrogen (secondary N) is 1. The van der Waals surface area contributed by atoms with Crippen molar-refractivity contribution in [3.05, 3.63) is 58.6 Å². The molecule has 0 aliphatic rings. The molecule has 1 amide bonds. The van der Waals surface area contributed by atoms with Crippen LogP contribution in [-0.4, -0.2) is 27.6 Å². The molecule has 1 N–H and O–H groups in total. The zero-order valence-electron chi connectivity index (χ0n) is 13.0. The molecule has 0 heterocycles. The van der Waals surface area contributed by atoms with Gasteiger partial charge in [0.25, 0.3) is 5.91 Å². The van der Waals surface area contributed by atoms with Crippen molar-refractivity contribution >= 4 is 38.9 Å². The SMILES string of the molecule is Cc1ccc(NC(=O)c2ccccc2N(C)S(C)(=O)=O)c(Cl)c1. The van der Waals surface area contributed by atoms with Crippen LogP contribution in [0.5, 0.6) is 0 Å². The van der Waals surface area contributed by atoms with Gasteiger partial charge in [-0.1, -0.05) is 29.8 Å². The monoisotopic (exact) mass is 352 g/mol. The number of hydrogen-bond donors (Lipinski definition) is 1. The first kappa shape index (κ1) is 17.3. The number of hydrogen-bond acceptors (Lipinski definition) is 3. The Morgan fingerprint density at radius 1 is 1.17 bits per heavy atom.